The van der Waals surface area contributed by atoms with E-state index >= 15 is 0 Å². The van der Waals surface area contributed by atoms with Crippen molar-refractivity contribution in [3.05, 3.63) is 35.4 Å². The van der Waals surface area contributed by atoms with E-state index in [1.807, 2.05) is 29.2 Å². The molecule has 3 heteroatoms. The van der Waals surface area contributed by atoms with Gasteiger partial charge < -0.3 is 10.6 Å². The minimum atomic E-state index is 0.123. The van der Waals surface area contributed by atoms with Crippen LogP contribution in [0.2, 0.25) is 0 Å². The van der Waals surface area contributed by atoms with E-state index in [0.717, 1.165) is 24.9 Å². The summed E-state index contributed by atoms with van der Waals surface area (Å²) in [6.45, 7) is 5.71. The van der Waals surface area contributed by atoms with Crippen molar-refractivity contribution in [2.75, 3.05) is 13.1 Å². The lowest BCUT2D eigenvalue weighted by Gasteiger charge is -2.23. The average molecular weight is 246 g/mol. The third-order valence-electron chi connectivity index (χ3n) is 3.73. The van der Waals surface area contributed by atoms with Crippen LogP contribution in [0.25, 0.3) is 0 Å². The molecule has 1 aromatic carbocycles. The van der Waals surface area contributed by atoms with Crippen LogP contribution in [0.5, 0.6) is 0 Å². The molecule has 3 nitrogen and oxygen atoms in total. The van der Waals surface area contributed by atoms with Gasteiger partial charge in [-0.05, 0) is 36.5 Å². The summed E-state index contributed by atoms with van der Waals surface area (Å²) < 4.78 is 0. The average Bonchev–Trinajstić information content (AvgIpc) is 2.86. The van der Waals surface area contributed by atoms with E-state index in [1.54, 1.807) is 0 Å². The van der Waals surface area contributed by atoms with Crippen molar-refractivity contribution >= 4 is 5.91 Å². The lowest BCUT2D eigenvalue weighted by Crippen LogP contribution is -2.39. The van der Waals surface area contributed by atoms with E-state index in [9.17, 15) is 4.79 Å². The van der Waals surface area contributed by atoms with Crippen molar-refractivity contribution in [2.45, 2.75) is 38.6 Å². The van der Waals surface area contributed by atoms with E-state index < -0.39 is 0 Å². The molecule has 1 aliphatic heterocycles. The number of hydrogen-bond acceptors (Lipinski definition) is 2. The topological polar surface area (TPSA) is 46.3 Å². The second kappa shape index (κ2) is 5.53. The van der Waals surface area contributed by atoms with Gasteiger partial charge in [0.2, 0.25) is 0 Å². The van der Waals surface area contributed by atoms with Gasteiger partial charge in [-0.25, -0.2) is 0 Å². The molecule has 1 aromatic rings. The molecule has 2 N–H and O–H groups in total. The Bertz CT molecular complexity index is 411. The lowest BCUT2D eigenvalue weighted by atomic mass is 10.0. The highest BCUT2D eigenvalue weighted by Gasteiger charge is 2.28. The van der Waals surface area contributed by atoms with Crippen molar-refractivity contribution in [3.63, 3.8) is 0 Å². The van der Waals surface area contributed by atoms with Crippen molar-refractivity contribution in [1.82, 2.24) is 4.90 Å². The van der Waals surface area contributed by atoms with Crippen LogP contribution in [0, 0.1) is 0 Å². The molecule has 0 saturated carbocycles. The van der Waals surface area contributed by atoms with Gasteiger partial charge in [-0.3, -0.25) is 4.79 Å². The first-order chi connectivity index (χ1) is 8.63. The second-order valence-electron chi connectivity index (χ2n) is 5.31. The van der Waals surface area contributed by atoms with Gasteiger partial charge in [0.15, 0.2) is 0 Å². The molecule has 98 valence electrons. The number of nitrogens with zero attached hydrogens (tertiary/aromatic N) is 1. The standard InChI is InChI=1S/C15H22N2O/c1-11(2)12-5-7-13(8-6-12)15(18)17-9-3-4-14(17)10-16/h5-8,11,14H,3-4,9-10,16H2,1-2H3/t14-/m0/s1. The highest BCUT2D eigenvalue weighted by Crippen LogP contribution is 2.21. The first-order valence-electron chi connectivity index (χ1n) is 6.74. The molecule has 1 fully saturated rings. The normalized spacial score (nSPS) is 19.6. The van der Waals surface area contributed by atoms with Gasteiger partial charge >= 0.3 is 0 Å². The van der Waals surface area contributed by atoms with Crippen LogP contribution in [0.4, 0.5) is 0 Å². The van der Waals surface area contributed by atoms with E-state index in [-0.39, 0.29) is 11.9 Å². The highest BCUT2D eigenvalue weighted by molar-refractivity contribution is 5.94. The predicted octanol–water partition coefficient (Wildman–Crippen LogP) is 2.37. The van der Waals surface area contributed by atoms with Crippen LogP contribution >= 0.6 is 0 Å². The van der Waals surface area contributed by atoms with E-state index in [4.69, 9.17) is 5.73 Å². The maximum atomic E-state index is 12.4. The third kappa shape index (κ3) is 2.56. The van der Waals surface area contributed by atoms with E-state index in [0.29, 0.717) is 12.5 Å². The first kappa shape index (κ1) is 13.1. The Balaban J connectivity index is 2.13. The highest BCUT2D eigenvalue weighted by atomic mass is 16.2. The fraction of sp³-hybridized carbons (Fsp3) is 0.533. The van der Waals surface area contributed by atoms with Gasteiger partial charge in [0, 0.05) is 24.7 Å². The summed E-state index contributed by atoms with van der Waals surface area (Å²) >= 11 is 0. The van der Waals surface area contributed by atoms with Crippen LogP contribution < -0.4 is 5.73 Å². The number of carbonyl (C=O) groups excluding carboxylic acids is 1. The molecule has 1 atom stereocenters. The van der Waals surface area contributed by atoms with Crippen LogP contribution in [0.15, 0.2) is 24.3 Å². The molecule has 0 aliphatic carbocycles. The summed E-state index contributed by atoms with van der Waals surface area (Å²) in [4.78, 5) is 14.3. The first-order valence-corrected chi connectivity index (χ1v) is 6.74. The number of amides is 1. The number of hydrogen-bond donors (Lipinski definition) is 1. The predicted molar refractivity (Wildman–Crippen MR) is 73.6 cm³/mol. The minimum Gasteiger partial charge on any atom is -0.334 e. The molecule has 1 heterocycles. The molecule has 1 aliphatic rings. The summed E-state index contributed by atoms with van der Waals surface area (Å²) in [5.74, 6) is 0.621. The Hall–Kier alpha value is -1.35. The van der Waals surface area contributed by atoms with Crippen molar-refractivity contribution in [1.29, 1.82) is 0 Å². The van der Waals surface area contributed by atoms with Crippen molar-refractivity contribution in [2.24, 2.45) is 5.73 Å². The fourth-order valence-corrected chi connectivity index (χ4v) is 2.52. The monoisotopic (exact) mass is 246 g/mol. The largest absolute Gasteiger partial charge is 0.334 e. The van der Waals surface area contributed by atoms with Gasteiger partial charge in [-0.15, -0.1) is 0 Å². The number of likely N-dealkylation sites (tertiary alicyclic amines) is 1. The summed E-state index contributed by atoms with van der Waals surface area (Å²) in [6, 6.07) is 8.19. The number of carbonyl (C=O) groups is 1. The zero-order valence-electron chi connectivity index (χ0n) is 11.2. The third-order valence-corrected chi connectivity index (χ3v) is 3.73. The smallest absolute Gasteiger partial charge is 0.254 e. The molecule has 0 aromatic heterocycles. The Labute approximate surface area is 109 Å². The maximum Gasteiger partial charge on any atom is 0.254 e. The molecular formula is C15H22N2O. The van der Waals surface area contributed by atoms with Gasteiger partial charge in [-0.1, -0.05) is 26.0 Å². The second-order valence-corrected chi connectivity index (χ2v) is 5.31. The van der Waals surface area contributed by atoms with Gasteiger partial charge in [-0.2, -0.15) is 0 Å². The summed E-state index contributed by atoms with van der Waals surface area (Å²) in [5, 5.41) is 0. The molecule has 0 unspecified atom stereocenters. The molecule has 2 rings (SSSR count). The summed E-state index contributed by atoms with van der Waals surface area (Å²) in [5.41, 5.74) is 7.75. The van der Waals surface area contributed by atoms with E-state index in [2.05, 4.69) is 13.8 Å². The fourth-order valence-electron chi connectivity index (χ4n) is 2.52. The minimum absolute atomic E-state index is 0.123. The lowest BCUT2D eigenvalue weighted by molar-refractivity contribution is 0.0741. The SMILES string of the molecule is CC(C)c1ccc(C(=O)N2CCC[C@H]2CN)cc1. The number of benzene rings is 1. The Morgan fingerprint density at radius 3 is 2.61 bits per heavy atom. The summed E-state index contributed by atoms with van der Waals surface area (Å²) in [7, 11) is 0. The Morgan fingerprint density at radius 1 is 1.39 bits per heavy atom. The Morgan fingerprint density at radius 2 is 2.06 bits per heavy atom. The zero-order valence-corrected chi connectivity index (χ0v) is 11.2. The molecule has 0 spiro atoms. The van der Waals surface area contributed by atoms with Crippen LogP contribution in [0.1, 0.15) is 48.5 Å². The Kier molecular flexibility index (Phi) is 4.02. The van der Waals surface area contributed by atoms with Crippen molar-refractivity contribution < 1.29 is 4.79 Å². The maximum absolute atomic E-state index is 12.4. The van der Waals surface area contributed by atoms with Gasteiger partial charge in [0.05, 0.1) is 0 Å². The number of nitrogens with two attached hydrogens (primary N) is 1. The zero-order chi connectivity index (χ0) is 13.1. The van der Waals surface area contributed by atoms with Gasteiger partial charge in [0.25, 0.3) is 5.91 Å². The van der Waals surface area contributed by atoms with Crippen molar-refractivity contribution in [3.8, 4) is 0 Å². The van der Waals surface area contributed by atoms with E-state index in [1.165, 1.54) is 5.56 Å². The van der Waals surface area contributed by atoms with Gasteiger partial charge in [0.1, 0.15) is 0 Å². The van der Waals surface area contributed by atoms with Crippen LogP contribution in [0.3, 0.4) is 0 Å². The van der Waals surface area contributed by atoms with Crippen LogP contribution in [-0.4, -0.2) is 29.9 Å². The quantitative estimate of drug-likeness (QED) is 0.890. The summed E-state index contributed by atoms with van der Waals surface area (Å²) in [6.07, 6.45) is 2.10. The number of rotatable bonds is 3. The van der Waals surface area contributed by atoms with Crippen LogP contribution in [-0.2, 0) is 0 Å². The molecule has 1 saturated heterocycles. The molecule has 0 bridgehead atoms. The molecular weight excluding hydrogens is 224 g/mol. The molecule has 18 heavy (non-hydrogen) atoms. The molecule has 0 radical (unpaired) electrons. The molecule has 1 amide bonds.